The third-order valence-electron chi connectivity index (χ3n) is 7.97. The number of carbonyl (C=O) groups excluding carboxylic acids is 1. The van der Waals surface area contributed by atoms with Gasteiger partial charge in [-0.25, -0.2) is 21.6 Å². The number of fused-ring (bicyclic) bond motifs is 2. The van der Waals surface area contributed by atoms with Crippen LogP contribution in [-0.4, -0.2) is 113 Å². The summed E-state index contributed by atoms with van der Waals surface area (Å²) in [5, 5.41) is 11.3. The minimum Gasteiger partial charge on any atom is -0.726 e. The van der Waals surface area contributed by atoms with E-state index in [1.54, 1.807) is 24.3 Å². The largest absolute Gasteiger partial charge is 1.00 e. The molecule has 0 unspecified atom stereocenters. The van der Waals surface area contributed by atoms with Gasteiger partial charge in [-0.05, 0) is 42.2 Å². The molecule has 0 aliphatic carbocycles. The zero-order chi connectivity index (χ0) is 35.2. The van der Waals surface area contributed by atoms with E-state index in [-0.39, 0.29) is 127 Å². The smallest absolute Gasteiger partial charge is 0.726 e. The number of aliphatic hydroxyl groups is 1. The van der Waals surface area contributed by atoms with Crippen LogP contribution < -0.4 is 65.6 Å². The Balaban J connectivity index is 0.00000562. The summed E-state index contributed by atoms with van der Waals surface area (Å²) >= 11 is 0. The van der Waals surface area contributed by atoms with Gasteiger partial charge in [-0.2, -0.15) is 4.31 Å². The van der Waals surface area contributed by atoms with Crippen molar-refractivity contribution in [3.05, 3.63) is 48.0 Å². The van der Waals surface area contributed by atoms with Crippen molar-refractivity contribution in [1.29, 1.82) is 0 Å². The Morgan fingerprint density at radius 1 is 1.00 bits per heavy atom. The van der Waals surface area contributed by atoms with Crippen LogP contribution in [0.15, 0.2) is 47.4 Å². The van der Waals surface area contributed by atoms with Crippen molar-refractivity contribution < 1.29 is 115 Å². The molecular weight excluding hydrogens is 728 g/mol. The number of hydrogen-bond acceptors (Lipinski definition) is 14. The van der Waals surface area contributed by atoms with Crippen molar-refractivity contribution in [2.75, 3.05) is 52.9 Å². The van der Waals surface area contributed by atoms with E-state index in [9.17, 15) is 31.3 Å². The molecule has 1 N–H and O–H groups in total. The summed E-state index contributed by atoms with van der Waals surface area (Å²) in [5.41, 5.74) is 0.661. The molecule has 16 nitrogen and oxygen atoms in total. The molecule has 50 heavy (non-hydrogen) atoms. The molecule has 0 aromatic heterocycles. The number of carbonyl (C=O) groups is 1. The molecule has 1 amide bonds. The van der Waals surface area contributed by atoms with Crippen LogP contribution >= 0.6 is 0 Å². The van der Waals surface area contributed by atoms with Gasteiger partial charge in [-0.15, -0.1) is 0 Å². The molecule has 272 valence electrons. The van der Waals surface area contributed by atoms with Gasteiger partial charge < -0.3 is 43.0 Å². The minimum absolute atomic E-state index is 0. The summed E-state index contributed by atoms with van der Waals surface area (Å²) in [7, 11) is -8.84. The third-order valence-corrected chi connectivity index (χ3v) is 10.3. The molecule has 0 spiro atoms. The number of ether oxygens (including phenoxy) is 6. The number of aliphatic hydroxyl groups excluding tert-OH is 1. The number of sulfonamides is 1. The van der Waals surface area contributed by atoms with Crippen LogP contribution in [-0.2, 0) is 45.4 Å². The summed E-state index contributed by atoms with van der Waals surface area (Å²) in [4.78, 5) is 14.9. The quantitative estimate of drug-likeness (QED) is 0.0896. The molecule has 2 aromatic carbocycles. The SMILES string of the molecule is CC(C)CN(C[C@H](O)CN(Cc1ccc(OCCCOS(=O)(=O)[O-])cc1)C(=O)O[C@H]1CO[C@H]2OCC[C@H]21)S(=O)(=O)c1ccc2c(c1)OCO2.[K+]. The number of benzene rings is 2. The van der Waals surface area contributed by atoms with Crippen molar-refractivity contribution >= 4 is 26.5 Å². The fourth-order valence-electron chi connectivity index (χ4n) is 5.69. The van der Waals surface area contributed by atoms with Crippen molar-refractivity contribution in [2.24, 2.45) is 11.8 Å². The van der Waals surface area contributed by atoms with Gasteiger partial charge in [0.2, 0.25) is 27.2 Å². The number of amides is 1. The minimum atomic E-state index is -4.77. The molecule has 0 saturated carbocycles. The van der Waals surface area contributed by atoms with Gasteiger partial charge in [-0.3, -0.25) is 4.18 Å². The van der Waals surface area contributed by atoms with Crippen molar-refractivity contribution in [3.8, 4) is 17.2 Å². The van der Waals surface area contributed by atoms with E-state index in [2.05, 4.69) is 4.18 Å². The van der Waals surface area contributed by atoms with Crippen LogP contribution in [0.5, 0.6) is 17.2 Å². The van der Waals surface area contributed by atoms with Crippen LogP contribution in [0.4, 0.5) is 4.79 Å². The molecule has 19 heteroatoms. The normalized spacial score (nSPS) is 20.4. The molecule has 3 heterocycles. The zero-order valence-electron chi connectivity index (χ0n) is 28.2. The van der Waals surface area contributed by atoms with E-state index in [4.69, 9.17) is 28.4 Å². The fourth-order valence-corrected chi connectivity index (χ4v) is 7.67. The van der Waals surface area contributed by atoms with Gasteiger partial charge in [0.25, 0.3) is 0 Å². The maximum atomic E-state index is 13.8. The number of hydrogen-bond donors (Lipinski definition) is 1. The van der Waals surface area contributed by atoms with Crippen molar-refractivity contribution in [3.63, 3.8) is 0 Å². The van der Waals surface area contributed by atoms with Crippen LogP contribution in [0.1, 0.15) is 32.3 Å². The first-order valence-corrected chi connectivity index (χ1v) is 18.6. The Kier molecular flexibility index (Phi) is 15.2. The Bertz CT molecular complexity index is 1640. The summed E-state index contributed by atoms with van der Waals surface area (Å²) in [6.07, 6.45) is -2.14. The molecular formula is C31H41KN2O14S2. The first-order valence-electron chi connectivity index (χ1n) is 15.9. The van der Waals surface area contributed by atoms with Gasteiger partial charge in [0.1, 0.15) is 11.9 Å². The fraction of sp³-hybridized carbons (Fsp3) is 0.581. The molecule has 2 aromatic rings. The van der Waals surface area contributed by atoms with Gasteiger partial charge in [0.15, 0.2) is 17.8 Å². The van der Waals surface area contributed by atoms with Gasteiger partial charge in [0, 0.05) is 32.1 Å². The average molecular weight is 769 g/mol. The summed E-state index contributed by atoms with van der Waals surface area (Å²) in [6, 6.07) is 11.0. The molecule has 3 aliphatic heterocycles. The van der Waals surface area contributed by atoms with Gasteiger partial charge >= 0.3 is 57.5 Å². The van der Waals surface area contributed by atoms with E-state index in [0.717, 1.165) is 0 Å². The maximum Gasteiger partial charge on any atom is 1.00 e. The number of nitrogens with zero attached hydrogens (tertiary/aromatic N) is 2. The monoisotopic (exact) mass is 768 g/mol. The predicted molar refractivity (Wildman–Crippen MR) is 169 cm³/mol. The molecule has 0 radical (unpaired) electrons. The topological polar surface area (TPSA) is 200 Å². The van der Waals surface area contributed by atoms with Crippen LogP contribution in [0.2, 0.25) is 0 Å². The first-order chi connectivity index (χ1) is 23.3. The zero-order valence-corrected chi connectivity index (χ0v) is 32.9. The van der Waals surface area contributed by atoms with E-state index in [0.29, 0.717) is 35.8 Å². The van der Waals surface area contributed by atoms with Crippen LogP contribution in [0.3, 0.4) is 0 Å². The molecule has 4 atom stereocenters. The summed E-state index contributed by atoms with van der Waals surface area (Å²) in [6.45, 7) is 3.75. The molecule has 5 rings (SSSR count). The van der Waals surface area contributed by atoms with E-state index < -0.39 is 45.0 Å². The molecule has 3 aliphatic rings. The first kappa shape index (κ1) is 41.2. The molecule has 0 bridgehead atoms. The maximum absolute atomic E-state index is 13.8. The second-order valence-electron chi connectivity index (χ2n) is 12.3. The summed E-state index contributed by atoms with van der Waals surface area (Å²) < 4.78 is 97.8. The Morgan fingerprint density at radius 3 is 2.46 bits per heavy atom. The molecule has 2 saturated heterocycles. The Hall–Kier alpha value is -1.59. The van der Waals surface area contributed by atoms with Crippen molar-refractivity contribution in [1.82, 2.24) is 9.21 Å². The van der Waals surface area contributed by atoms with Crippen LogP contribution in [0, 0.1) is 11.8 Å². The van der Waals surface area contributed by atoms with E-state index in [1.807, 2.05) is 13.8 Å². The number of rotatable bonds is 17. The average Bonchev–Trinajstić information content (AvgIpc) is 3.79. The summed E-state index contributed by atoms with van der Waals surface area (Å²) in [5.74, 6) is 1.02. The van der Waals surface area contributed by atoms with E-state index >= 15 is 0 Å². The van der Waals surface area contributed by atoms with Gasteiger partial charge in [-0.1, -0.05) is 26.0 Å². The standard InChI is InChI=1S/C31H42N2O14S2.K/c1-21(2)15-33(48(36,37)25-8-9-27-28(14-25)45-20-44-27)18-23(34)17-32(31(35)47-29-19-43-30-26(29)10-13-42-30)16-22-4-6-24(7-5-22)41-11-3-12-46-49(38,39)40;/h4-9,14,21,23,26,29-30,34H,3,10-13,15-20H2,1-2H3,(H,38,39,40);/q;+1/p-1/t23-,26+,29+,30-;/m1./s1. The predicted octanol–water partition coefficient (Wildman–Crippen LogP) is -0.927. The van der Waals surface area contributed by atoms with E-state index in [1.165, 1.54) is 27.4 Å². The van der Waals surface area contributed by atoms with Crippen LogP contribution in [0.25, 0.3) is 0 Å². The van der Waals surface area contributed by atoms with Crippen molar-refractivity contribution in [2.45, 2.75) is 56.6 Å². The third kappa shape index (κ3) is 11.5. The Morgan fingerprint density at radius 2 is 1.74 bits per heavy atom. The second-order valence-corrected chi connectivity index (χ2v) is 15.3. The molecule has 2 fully saturated rings. The van der Waals surface area contributed by atoms with Gasteiger partial charge in [0.05, 0.1) is 49.9 Å². The second kappa shape index (κ2) is 18.4. The Labute approximate surface area is 334 Å².